The topological polar surface area (TPSA) is 46.5 Å². The Morgan fingerprint density at radius 2 is 1.35 bits per heavy atom. The van der Waals surface area contributed by atoms with E-state index in [1.807, 2.05) is 13.8 Å². The van der Waals surface area contributed by atoms with Crippen molar-refractivity contribution in [3.63, 3.8) is 0 Å². The molecular weight excluding hydrogens is 520 g/mol. The number of hydrogen-bond acceptors (Lipinski definition) is 3. The summed E-state index contributed by atoms with van der Waals surface area (Å²) in [5, 5.41) is 12.8. The summed E-state index contributed by atoms with van der Waals surface area (Å²) in [4.78, 5) is 12.1. The molecule has 5 heteroatoms. The third-order valence-corrected chi connectivity index (χ3v) is 7.06. The van der Waals surface area contributed by atoms with Crippen LogP contribution in [-0.4, -0.2) is 11.1 Å². The van der Waals surface area contributed by atoms with Gasteiger partial charge in [0.15, 0.2) is 0 Å². The lowest BCUT2D eigenvalue weighted by Gasteiger charge is -2.23. The summed E-state index contributed by atoms with van der Waals surface area (Å²) in [5.74, 6) is 0.556. The third kappa shape index (κ3) is 5.92. The molecule has 0 atom stereocenters. The third-order valence-electron chi connectivity index (χ3n) is 5.85. The molecule has 0 amide bonds. The van der Waals surface area contributed by atoms with Gasteiger partial charge < -0.3 is 9.84 Å². The van der Waals surface area contributed by atoms with Crippen LogP contribution in [0.4, 0.5) is 0 Å². The smallest absolute Gasteiger partial charge is 0.308 e. The lowest BCUT2D eigenvalue weighted by Crippen LogP contribution is -2.09. The Morgan fingerprint density at radius 3 is 1.84 bits per heavy atom. The van der Waals surface area contributed by atoms with Gasteiger partial charge in [0.05, 0.1) is 0 Å². The quantitative estimate of drug-likeness (QED) is 0.184. The molecule has 0 fully saturated rings. The summed E-state index contributed by atoms with van der Waals surface area (Å²) in [7, 11) is 0. The zero-order valence-electron chi connectivity index (χ0n) is 19.3. The number of unbranched alkanes of at least 4 members (excludes halogenated alkanes) is 2. The number of ether oxygens (including phenoxy) is 1. The van der Waals surface area contributed by atoms with Gasteiger partial charge in [-0.25, -0.2) is 0 Å². The van der Waals surface area contributed by atoms with Gasteiger partial charge in [-0.05, 0) is 72.9 Å². The van der Waals surface area contributed by atoms with E-state index in [4.69, 9.17) is 4.74 Å². The van der Waals surface area contributed by atoms with E-state index < -0.39 is 0 Å². The first kappa shape index (κ1) is 25.9. The van der Waals surface area contributed by atoms with Gasteiger partial charge >= 0.3 is 5.97 Å². The fourth-order valence-corrected chi connectivity index (χ4v) is 5.18. The van der Waals surface area contributed by atoms with Crippen LogP contribution in [-0.2, 0) is 28.3 Å². The minimum atomic E-state index is -0.343. The second-order valence-corrected chi connectivity index (χ2v) is 9.26. The van der Waals surface area contributed by atoms with Gasteiger partial charge in [-0.2, -0.15) is 0 Å². The Morgan fingerprint density at radius 1 is 0.871 bits per heavy atom. The van der Waals surface area contributed by atoms with Crippen molar-refractivity contribution in [2.75, 3.05) is 0 Å². The van der Waals surface area contributed by atoms with Gasteiger partial charge in [0, 0.05) is 28.7 Å². The molecule has 0 aliphatic rings. The van der Waals surface area contributed by atoms with Crippen molar-refractivity contribution >= 4 is 37.8 Å². The van der Waals surface area contributed by atoms with Crippen molar-refractivity contribution in [2.24, 2.45) is 0 Å². The van der Waals surface area contributed by atoms with Crippen LogP contribution in [0.15, 0.2) is 12.1 Å². The number of aromatic hydroxyl groups is 1. The van der Waals surface area contributed by atoms with E-state index >= 15 is 0 Å². The van der Waals surface area contributed by atoms with Crippen LogP contribution in [0.3, 0.4) is 0 Å². The Bertz CT molecular complexity index is 935. The van der Waals surface area contributed by atoms with Gasteiger partial charge in [0.2, 0.25) is 0 Å². The van der Waals surface area contributed by atoms with Gasteiger partial charge in [-0.15, -0.1) is 0 Å². The molecule has 2 rings (SSSR count). The molecule has 0 radical (unpaired) electrons. The number of phenols is 1. The molecule has 3 nitrogen and oxygen atoms in total. The van der Waals surface area contributed by atoms with Crippen molar-refractivity contribution in [2.45, 2.75) is 83.8 Å². The van der Waals surface area contributed by atoms with Crippen LogP contribution >= 0.6 is 31.9 Å². The lowest BCUT2D eigenvalue weighted by atomic mass is 9.85. The number of benzene rings is 2. The molecular formula is C26H34Br2O3. The summed E-state index contributed by atoms with van der Waals surface area (Å²) in [6.45, 7) is 9.84. The lowest BCUT2D eigenvalue weighted by molar-refractivity contribution is -0.131. The highest BCUT2D eigenvalue weighted by Gasteiger charge is 2.25. The van der Waals surface area contributed by atoms with Gasteiger partial charge in [-0.1, -0.05) is 70.7 Å². The van der Waals surface area contributed by atoms with Crippen molar-refractivity contribution in [3.05, 3.63) is 45.5 Å². The normalized spacial score (nSPS) is 11.1. The first-order valence-electron chi connectivity index (χ1n) is 11.1. The van der Waals surface area contributed by atoms with Crippen LogP contribution in [0.1, 0.15) is 79.8 Å². The highest BCUT2D eigenvalue weighted by atomic mass is 79.9. The molecule has 0 saturated heterocycles. The van der Waals surface area contributed by atoms with E-state index in [2.05, 4.69) is 57.8 Å². The fraction of sp³-hybridized carbons (Fsp3) is 0.500. The number of phenolic OH excluding ortho intramolecular Hbond substituents is 1. The number of esters is 1. The van der Waals surface area contributed by atoms with Crippen LogP contribution in [0.25, 0.3) is 11.1 Å². The maximum atomic E-state index is 12.1. The van der Waals surface area contributed by atoms with Crippen LogP contribution in [0, 0.1) is 13.8 Å². The zero-order valence-corrected chi connectivity index (χ0v) is 22.5. The minimum Gasteiger partial charge on any atom is -0.507 e. The molecule has 2 aromatic carbocycles. The second-order valence-electron chi connectivity index (χ2n) is 8.14. The molecule has 0 bridgehead atoms. The fourth-order valence-electron chi connectivity index (χ4n) is 4.02. The summed E-state index contributed by atoms with van der Waals surface area (Å²) in [5.41, 5.74) is 7.93. The maximum absolute atomic E-state index is 12.1. The average molecular weight is 554 g/mol. The molecule has 0 aliphatic heterocycles. The SMILES string of the molecule is CCCCc1cc(CBr)c(C)c(-c2c(C)c(CBr)cc(CCCC)c2OC(C)=O)c1O. The van der Waals surface area contributed by atoms with E-state index in [-0.39, 0.29) is 5.97 Å². The number of aryl methyl sites for hydroxylation is 2. The van der Waals surface area contributed by atoms with Gasteiger partial charge in [0.25, 0.3) is 0 Å². The van der Waals surface area contributed by atoms with Crippen molar-refractivity contribution in [3.8, 4) is 22.6 Å². The Kier molecular flexibility index (Phi) is 10.1. The zero-order chi connectivity index (χ0) is 23.1. The standard InChI is InChI=1S/C26H34Br2O3/c1-6-8-10-19-12-21(14-27)16(3)23(25(19)30)24-17(4)22(15-28)13-20(11-9-7-2)26(24)31-18(5)29/h12-13,30H,6-11,14-15H2,1-5H3. The number of carbonyl (C=O) groups excluding carboxylic acids is 1. The van der Waals surface area contributed by atoms with Crippen molar-refractivity contribution < 1.29 is 14.6 Å². The molecule has 170 valence electrons. The van der Waals surface area contributed by atoms with Crippen LogP contribution in [0.5, 0.6) is 11.5 Å². The molecule has 1 N–H and O–H groups in total. The minimum absolute atomic E-state index is 0.306. The van der Waals surface area contributed by atoms with E-state index in [0.717, 1.165) is 83.0 Å². The molecule has 0 spiro atoms. The summed E-state index contributed by atoms with van der Waals surface area (Å²) in [6, 6.07) is 4.24. The number of carbonyl (C=O) groups is 1. The Balaban J connectivity index is 2.94. The van der Waals surface area contributed by atoms with Crippen LogP contribution < -0.4 is 4.74 Å². The molecule has 0 aliphatic carbocycles. The van der Waals surface area contributed by atoms with Gasteiger partial charge in [0.1, 0.15) is 11.5 Å². The number of alkyl halides is 2. The second kappa shape index (κ2) is 12.1. The highest BCUT2D eigenvalue weighted by Crippen LogP contribution is 2.47. The average Bonchev–Trinajstić information content (AvgIpc) is 2.74. The summed E-state index contributed by atoms with van der Waals surface area (Å²) >= 11 is 7.25. The highest BCUT2D eigenvalue weighted by molar-refractivity contribution is 9.08. The predicted molar refractivity (Wildman–Crippen MR) is 137 cm³/mol. The first-order valence-corrected chi connectivity index (χ1v) is 13.3. The Labute approximate surface area is 203 Å². The predicted octanol–water partition coefficient (Wildman–Crippen LogP) is 8.08. The van der Waals surface area contributed by atoms with Crippen molar-refractivity contribution in [1.82, 2.24) is 0 Å². The summed E-state index contributed by atoms with van der Waals surface area (Å²) in [6.07, 6.45) is 5.77. The number of halogens is 2. The molecule has 31 heavy (non-hydrogen) atoms. The monoisotopic (exact) mass is 552 g/mol. The van der Waals surface area contributed by atoms with Gasteiger partial charge in [-0.3, -0.25) is 4.79 Å². The van der Waals surface area contributed by atoms with E-state index in [1.54, 1.807) is 0 Å². The largest absolute Gasteiger partial charge is 0.507 e. The van der Waals surface area contributed by atoms with Crippen LogP contribution in [0.2, 0.25) is 0 Å². The summed E-state index contributed by atoms with van der Waals surface area (Å²) < 4.78 is 5.84. The molecule has 0 heterocycles. The number of hydrogen-bond donors (Lipinski definition) is 1. The molecule has 0 saturated carbocycles. The van der Waals surface area contributed by atoms with E-state index in [9.17, 15) is 9.90 Å². The maximum Gasteiger partial charge on any atom is 0.308 e. The van der Waals surface area contributed by atoms with E-state index in [1.165, 1.54) is 6.92 Å². The van der Waals surface area contributed by atoms with E-state index in [0.29, 0.717) is 22.2 Å². The first-order chi connectivity index (χ1) is 14.8. The molecule has 2 aromatic rings. The number of rotatable bonds is 10. The Hall–Kier alpha value is -1.33. The van der Waals surface area contributed by atoms with Crippen molar-refractivity contribution in [1.29, 1.82) is 0 Å². The molecule has 0 unspecified atom stereocenters. The molecule has 0 aromatic heterocycles.